The summed E-state index contributed by atoms with van der Waals surface area (Å²) in [6, 6.07) is 4.50. The van der Waals surface area contributed by atoms with Crippen molar-refractivity contribution in [3.63, 3.8) is 0 Å². The number of aliphatic carboxylic acids is 1. The normalized spacial score (nSPS) is 14.8. The fourth-order valence-corrected chi connectivity index (χ4v) is 3.61. The molecule has 1 heterocycles. The van der Waals surface area contributed by atoms with E-state index in [-0.39, 0.29) is 23.4 Å². The molecule has 1 aromatic rings. The third-order valence-electron chi connectivity index (χ3n) is 4.06. The lowest BCUT2D eigenvalue weighted by atomic mass is 10.1. The summed E-state index contributed by atoms with van der Waals surface area (Å²) in [6.45, 7) is 1.59. The van der Waals surface area contributed by atoms with Crippen molar-refractivity contribution < 1.29 is 23.1 Å². The van der Waals surface area contributed by atoms with Gasteiger partial charge in [-0.3, -0.25) is 9.59 Å². The maximum absolute atomic E-state index is 12.5. The quantitative estimate of drug-likeness (QED) is 0.734. The molecule has 1 fully saturated rings. The van der Waals surface area contributed by atoms with Crippen LogP contribution in [0.1, 0.15) is 29.6 Å². The lowest BCUT2D eigenvalue weighted by Gasteiger charge is -2.22. The average Bonchev–Trinajstić information content (AvgIpc) is 3.07. The topological polar surface area (TPSA) is 107 Å². The summed E-state index contributed by atoms with van der Waals surface area (Å²) in [5.41, 5.74) is 0.915. The molecule has 0 bridgehead atoms. The van der Waals surface area contributed by atoms with E-state index in [1.807, 2.05) is 4.90 Å². The Labute approximate surface area is 147 Å². The highest BCUT2D eigenvalue weighted by Crippen LogP contribution is 2.28. The summed E-state index contributed by atoms with van der Waals surface area (Å²) in [5, 5.41) is 11.2. The van der Waals surface area contributed by atoms with Crippen molar-refractivity contribution in [1.29, 1.82) is 0 Å². The predicted octanol–water partition coefficient (Wildman–Crippen LogP) is 0.742. The van der Waals surface area contributed by atoms with E-state index >= 15 is 0 Å². The van der Waals surface area contributed by atoms with Crippen molar-refractivity contribution in [1.82, 2.24) is 9.62 Å². The van der Waals surface area contributed by atoms with Crippen LogP contribution in [0, 0.1) is 0 Å². The van der Waals surface area contributed by atoms with Crippen LogP contribution in [0.2, 0.25) is 0 Å². The molecule has 138 valence electrons. The van der Waals surface area contributed by atoms with Gasteiger partial charge in [0.1, 0.15) is 0 Å². The van der Waals surface area contributed by atoms with E-state index in [9.17, 15) is 18.0 Å². The Balaban J connectivity index is 2.37. The van der Waals surface area contributed by atoms with Gasteiger partial charge in [0.2, 0.25) is 10.0 Å². The van der Waals surface area contributed by atoms with Gasteiger partial charge in [-0.2, -0.15) is 0 Å². The highest BCUT2D eigenvalue weighted by Gasteiger charge is 2.24. The SMILES string of the molecule is CN(C)S(=O)(=O)c1ccc(N2CCCC2)c(C(=O)NCCC(=O)O)c1. The van der Waals surface area contributed by atoms with Gasteiger partial charge in [0.15, 0.2) is 0 Å². The van der Waals surface area contributed by atoms with Crippen LogP contribution in [0.15, 0.2) is 23.1 Å². The van der Waals surface area contributed by atoms with Crippen LogP contribution in [0.25, 0.3) is 0 Å². The third-order valence-corrected chi connectivity index (χ3v) is 5.87. The third kappa shape index (κ3) is 4.49. The van der Waals surface area contributed by atoms with Crippen molar-refractivity contribution in [2.45, 2.75) is 24.2 Å². The Morgan fingerprint density at radius 2 is 1.88 bits per heavy atom. The molecule has 0 saturated carbocycles. The Kier molecular flexibility index (Phi) is 6.02. The van der Waals surface area contributed by atoms with Crippen LogP contribution in [0.3, 0.4) is 0 Å². The van der Waals surface area contributed by atoms with Crippen LogP contribution in [-0.2, 0) is 14.8 Å². The summed E-state index contributed by atoms with van der Waals surface area (Å²) in [4.78, 5) is 25.2. The molecule has 1 aliphatic rings. The lowest BCUT2D eigenvalue weighted by Crippen LogP contribution is -2.30. The second-order valence-corrected chi connectivity index (χ2v) is 8.21. The van der Waals surface area contributed by atoms with Gasteiger partial charge in [-0.1, -0.05) is 0 Å². The second kappa shape index (κ2) is 7.83. The van der Waals surface area contributed by atoms with E-state index in [1.165, 1.54) is 26.2 Å². The Morgan fingerprint density at radius 3 is 2.44 bits per heavy atom. The van der Waals surface area contributed by atoms with Gasteiger partial charge in [-0.05, 0) is 31.0 Å². The maximum atomic E-state index is 12.5. The Hall–Kier alpha value is -2.13. The van der Waals surface area contributed by atoms with Gasteiger partial charge in [0.25, 0.3) is 5.91 Å². The molecule has 0 radical (unpaired) electrons. The number of benzene rings is 1. The van der Waals surface area contributed by atoms with Crippen LogP contribution in [0.5, 0.6) is 0 Å². The number of anilines is 1. The zero-order chi connectivity index (χ0) is 18.6. The summed E-state index contributed by atoms with van der Waals surface area (Å²) in [7, 11) is -0.813. The first kappa shape index (κ1) is 19.2. The first-order valence-corrected chi connectivity index (χ1v) is 9.49. The number of carbonyl (C=O) groups is 2. The number of carboxylic acid groups (broad SMARTS) is 1. The minimum Gasteiger partial charge on any atom is -0.481 e. The molecule has 1 saturated heterocycles. The predicted molar refractivity (Wildman–Crippen MR) is 93.3 cm³/mol. The first-order valence-electron chi connectivity index (χ1n) is 8.05. The van der Waals surface area contributed by atoms with Gasteiger partial charge in [-0.25, -0.2) is 12.7 Å². The smallest absolute Gasteiger partial charge is 0.305 e. The van der Waals surface area contributed by atoms with E-state index < -0.39 is 21.9 Å². The molecule has 25 heavy (non-hydrogen) atoms. The van der Waals surface area contributed by atoms with Crippen molar-refractivity contribution >= 4 is 27.6 Å². The van der Waals surface area contributed by atoms with Gasteiger partial charge in [0, 0.05) is 39.4 Å². The van der Waals surface area contributed by atoms with Crippen LogP contribution < -0.4 is 10.2 Å². The van der Waals surface area contributed by atoms with Crippen molar-refractivity contribution in [2.75, 3.05) is 38.6 Å². The number of sulfonamides is 1. The van der Waals surface area contributed by atoms with E-state index in [4.69, 9.17) is 5.11 Å². The zero-order valence-electron chi connectivity index (χ0n) is 14.4. The minimum absolute atomic E-state index is 0.0156. The number of amides is 1. The Morgan fingerprint density at radius 1 is 1.24 bits per heavy atom. The standard InChI is InChI=1S/C16H23N3O5S/c1-18(2)25(23,24)12-5-6-14(19-9-3-4-10-19)13(11-12)16(22)17-8-7-15(20)21/h5-6,11H,3-4,7-10H2,1-2H3,(H,17,22)(H,20,21). The molecule has 0 aliphatic carbocycles. The second-order valence-electron chi connectivity index (χ2n) is 6.06. The fourth-order valence-electron chi connectivity index (χ4n) is 2.68. The molecule has 9 heteroatoms. The molecule has 8 nitrogen and oxygen atoms in total. The Bertz CT molecular complexity index is 755. The molecule has 0 unspecified atom stereocenters. The highest BCUT2D eigenvalue weighted by atomic mass is 32.2. The summed E-state index contributed by atoms with van der Waals surface area (Å²) < 4.78 is 25.8. The van der Waals surface area contributed by atoms with Gasteiger partial charge in [-0.15, -0.1) is 0 Å². The van der Waals surface area contributed by atoms with Crippen LogP contribution >= 0.6 is 0 Å². The number of nitrogens with one attached hydrogen (secondary N) is 1. The highest BCUT2D eigenvalue weighted by molar-refractivity contribution is 7.89. The van der Waals surface area contributed by atoms with E-state index in [2.05, 4.69) is 5.32 Å². The van der Waals surface area contributed by atoms with E-state index in [0.29, 0.717) is 5.69 Å². The molecular weight excluding hydrogens is 346 g/mol. The minimum atomic E-state index is -3.67. The van der Waals surface area contributed by atoms with E-state index in [1.54, 1.807) is 6.07 Å². The monoisotopic (exact) mass is 369 g/mol. The first-order chi connectivity index (χ1) is 11.7. The number of carboxylic acids is 1. The zero-order valence-corrected chi connectivity index (χ0v) is 15.2. The molecule has 2 N–H and O–H groups in total. The molecule has 1 aliphatic heterocycles. The molecule has 1 aromatic carbocycles. The van der Waals surface area contributed by atoms with Gasteiger partial charge < -0.3 is 15.3 Å². The number of nitrogens with zero attached hydrogens (tertiary/aromatic N) is 2. The van der Waals surface area contributed by atoms with Gasteiger partial charge >= 0.3 is 5.97 Å². The molecule has 0 spiro atoms. The van der Waals surface area contributed by atoms with Crippen LogP contribution in [0.4, 0.5) is 5.69 Å². The van der Waals surface area contributed by atoms with Crippen molar-refractivity contribution in [3.05, 3.63) is 23.8 Å². The number of hydrogen-bond donors (Lipinski definition) is 2. The number of carbonyl (C=O) groups excluding carboxylic acids is 1. The van der Waals surface area contributed by atoms with Crippen LogP contribution in [-0.4, -0.2) is 63.4 Å². The summed E-state index contributed by atoms with van der Waals surface area (Å²) >= 11 is 0. The summed E-state index contributed by atoms with van der Waals surface area (Å²) in [6.07, 6.45) is 1.83. The molecule has 0 atom stereocenters. The van der Waals surface area contributed by atoms with Crippen molar-refractivity contribution in [3.8, 4) is 0 Å². The van der Waals surface area contributed by atoms with Gasteiger partial charge in [0.05, 0.1) is 16.9 Å². The van der Waals surface area contributed by atoms with E-state index in [0.717, 1.165) is 30.2 Å². The molecule has 0 aromatic heterocycles. The fraction of sp³-hybridized carbons (Fsp3) is 0.500. The number of hydrogen-bond acceptors (Lipinski definition) is 5. The molecular formula is C16H23N3O5S. The largest absolute Gasteiger partial charge is 0.481 e. The molecule has 1 amide bonds. The van der Waals surface area contributed by atoms with Crippen molar-refractivity contribution in [2.24, 2.45) is 0 Å². The average molecular weight is 369 g/mol. The molecule has 2 rings (SSSR count). The summed E-state index contributed by atoms with van der Waals surface area (Å²) in [5.74, 6) is -1.48. The number of rotatable bonds is 7. The lowest BCUT2D eigenvalue weighted by molar-refractivity contribution is -0.136. The maximum Gasteiger partial charge on any atom is 0.305 e.